The van der Waals surface area contributed by atoms with E-state index in [2.05, 4.69) is 19.8 Å². The van der Waals surface area contributed by atoms with Crippen molar-refractivity contribution in [3.05, 3.63) is 48.4 Å². The number of hydrogen-bond donors (Lipinski definition) is 3. The molecule has 1 aliphatic carbocycles. The molecule has 1 fully saturated rings. The third kappa shape index (κ3) is 4.20. The number of nitrogens with one attached hydrogen (secondary N) is 1. The fraction of sp³-hybridized carbons (Fsp3) is 0.350. The first-order valence-corrected chi connectivity index (χ1v) is 11.3. The minimum absolute atomic E-state index is 0.161. The Morgan fingerprint density at radius 2 is 2.00 bits per heavy atom. The van der Waals surface area contributed by atoms with Gasteiger partial charge in [0.2, 0.25) is 10.0 Å². The number of sulfonamides is 1. The molecule has 0 atom stereocenters. The molecule has 1 aromatic carbocycles. The minimum Gasteiger partial charge on any atom is -0.393 e. The van der Waals surface area contributed by atoms with Gasteiger partial charge in [-0.3, -0.25) is 0 Å². The van der Waals surface area contributed by atoms with Gasteiger partial charge < -0.3 is 10.8 Å². The number of anilines is 1. The molecule has 1 aliphatic rings. The normalized spacial score (nSPS) is 19.7. The highest BCUT2D eigenvalue weighted by atomic mass is 32.2. The van der Waals surface area contributed by atoms with Crippen molar-refractivity contribution < 1.29 is 13.5 Å². The van der Waals surface area contributed by atoms with E-state index in [-0.39, 0.29) is 22.9 Å². The number of aromatic nitrogens is 4. The first-order chi connectivity index (χ1) is 14.3. The number of aryl methyl sites for hydroxylation is 1. The second kappa shape index (κ2) is 8.13. The molecule has 2 aromatic heterocycles. The number of aliphatic hydroxyl groups is 1. The zero-order valence-corrected chi connectivity index (χ0v) is 17.4. The van der Waals surface area contributed by atoms with Crippen LogP contribution in [0.2, 0.25) is 0 Å². The molecule has 9 nitrogen and oxygen atoms in total. The van der Waals surface area contributed by atoms with Crippen molar-refractivity contribution in [2.75, 3.05) is 5.73 Å². The van der Waals surface area contributed by atoms with Crippen molar-refractivity contribution in [2.45, 2.75) is 49.6 Å². The van der Waals surface area contributed by atoms with Crippen LogP contribution in [-0.2, 0) is 10.0 Å². The van der Waals surface area contributed by atoms with Crippen LogP contribution in [0.4, 0.5) is 5.82 Å². The summed E-state index contributed by atoms with van der Waals surface area (Å²) in [7, 11) is -3.71. The Morgan fingerprint density at radius 1 is 1.23 bits per heavy atom. The van der Waals surface area contributed by atoms with Crippen molar-refractivity contribution >= 4 is 15.8 Å². The van der Waals surface area contributed by atoms with Crippen molar-refractivity contribution in [3.8, 4) is 17.1 Å². The molecule has 158 valence electrons. The number of nitrogen functional groups attached to an aromatic ring is 1. The van der Waals surface area contributed by atoms with Gasteiger partial charge in [-0.25, -0.2) is 27.8 Å². The molecule has 30 heavy (non-hydrogen) atoms. The van der Waals surface area contributed by atoms with Gasteiger partial charge in [0.1, 0.15) is 0 Å². The predicted molar refractivity (Wildman–Crippen MR) is 112 cm³/mol. The van der Waals surface area contributed by atoms with Crippen molar-refractivity contribution in [2.24, 2.45) is 0 Å². The van der Waals surface area contributed by atoms with Gasteiger partial charge in [-0.15, -0.1) is 0 Å². The average Bonchev–Trinajstić information content (AvgIpc) is 3.25. The summed E-state index contributed by atoms with van der Waals surface area (Å²) >= 11 is 0. The standard InChI is InChI=1S/C20H24N6O3S/c1-13-3-8-16(30(28,29)25-14-4-6-15(27)7-5-14)11-17(13)18-12-22-19(21)20(24-18)26-10-2-9-23-26/h2-3,8-12,14-15,25,27H,4-7H2,1H3,(H2,21,22)/t14-,15-. The van der Waals surface area contributed by atoms with Gasteiger partial charge in [0.05, 0.1) is 22.9 Å². The smallest absolute Gasteiger partial charge is 0.240 e. The molecule has 0 bridgehead atoms. The lowest BCUT2D eigenvalue weighted by atomic mass is 9.94. The van der Waals surface area contributed by atoms with Crippen LogP contribution in [0.5, 0.6) is 0 Å². The fourth-order valence-corrected chi connectivity index (χ4v) is 4.94. The Morgan fingerprint density at radius 3 is 2.70 bits per heavy atom. The van der Waals surface area contributed by atoms with Gasteiger partial charge in [-0.2, -0.15) is 5.10 Å². The molecule has 0 unspecified atom stereocenters. The van der Waals surface area contributed by atoms with E-state index in [9.17, 15) is 13.5 Å². The summed E-state index contributed by atoms with van der Waals surface area (Å²) in [5.41, 5.74) is 7.97. The maximum atomic E-state index is 12.9. The minimum atomic E-state index is -3.71. The van der Waals surface area contributed by atoms with Crippen LogP contribution >= 0.6 is 0 Å². The number of nitrogens with zero attached hydrogens (tertiary/aromatic N) is 4. The van der Waals surface area contributed by atoms with Gasteiger partial charge in [-0.1, -0.05) is 6.07 Å². The zero-order chi connectivity index (χ0) is 21.3. The highest BCUT2D eigenvalue weighted by molar-refractivity contribution is 7.89. The van der Waals surface area contributed by atoms with Crippen molar-refractivity contribution in [3.63, 3.8) is 0 Å². The lowest BCUT2D eigenvalue weighted by Gasteiger charge is -2.26. The zero-order valence-electron chi connectivity index (χ0n) is 16.6. The largest absolute Gasteiger partial charge is 0.393 e. The van der Waals surface area contributed by atoms with E-state index in [1.165, 1.54) is 10.9 Å². The molecule has 3 aromatic rings. The lowest BCUT2D eigenvalue weighted by molar-refractivity contribution is 0.120. The highest BCUT2D eigenvalue weighted by Gasteiger charge is 2.25. The first-order valence-electron chi connectivity index (χ1n) is 9.77. The van der Waals surface area contributed by atoms with Crippen LogP contribution in [0.1, 0.15) is 31.2 Å². The molecule has 4 rings (SSSR count). The third-order valence-corrected chi connectivity index (χ3v) is 6.83. The summed E-state index contributed by atoms with van der Waals surface area (Å²) in [5, 5.41) is 13.8. The van der Waals surface area contributed by atoms with Gasteiger partial charge in [0, 0.05) is 24.0 Å². The Labute approximate surface area is 175 Å². The second-order valence-corrected chi connectivity index (χ2v) is 9.23. The van der Waals surface area contributed by atoms with Gasteiger partial charge in [0.25, 0.3) is 0 Å². The maximum absolute atomic E-state index is 12.9. The van der Waals surface area contributed by atoms with Crippen LogP contribution in [0.3, 0.4) is 0 Å². The molecule has 0 aliphatic heterocycles. The number of aliphatic hydroxyl groups excluding tert-OH is 1. The van der Waals surface area contributed by atoms with E-state index in [4.69, 9.17) is 5.73 Å². The molecular weight excluding hydrogens is 404 g/mol. The molecule has 0 spiro atoms. The highest BCUT2D eigenvalue weighted by Crippen LogP contribution is 2.27. The second-order valence-electron chi connectivity index (χ2n) is 7.52. The van der Waals surface area contributed by atoms with Crippen LogP contribution in [0.25, 0.3) is 17.1 Å². The molecule has 1 saturated carbocycles. The fourth-order valence-electron chi connectivity index (χ4n) is 3.61. The van der Waals surface area contributed by atoms with E-state index < -0.39 is 10.0 Å². The number of nitrogens with two attached hydrogens (primary N) is 1. The van der Waals surface area contributed by atoms with E-state index in [0.29, 0.717) is 42.8 Å². The van der Waals surface area contributed by atoms with E-state index in [1.807, 2.05) is 6.92 Å². The van der Waals surface area contributed by atoms with E-state index >= 15 is 0 Å². The maximum Gasteiger partial charge on any atom is 0.240 e. The Bertz CT molecular complexity index is 1140. The Hall–Kier alpha value is -2.82. The third-order valence-electron chi connectivity index (χ3n) is 5.32. The van der Waals surface area contributed by atoms with Gasteiger partial charge in [-0.05, 0) is 56.4 Å². The molecule has 0 amide bonds. The summed E-state index contributed by atoms with van der Waals surface area (Å²) in [6, 6.07) is 6.51. The first kappa shape index (κ1) is 20.5. The number of rotatable bonds is 5. The Kier molecular flexibility index (Phi) is 5.54. The molecular formula is C20H24N6O3S. The molecule has 10 heteroatoms. The summed E-state index contributed by atoms with van der Waals surface area (Å²) in [6.07, 6.45) is 6.95. The van der Waals surface area contributed by atoms with E-state index in [1.54, 1.807) is 36.7 Å². The van der Waals surface area contributed by atoms with E-state index in [0.717, 1.165) is 5.56 Å². The van der Waals surface area contributed by atoms with Gasteiger partial charge >= 0.3 is 0 Å². The average molecular weight is 429 g/mol. The quantitative estimate of drug-likeness (QED) is 0.564. The van der Waals surface area contributed by atoms with Crippen LogP contribution in [0, 0.1) is 6.92 Å². The summed E-state index contributed by atoms with van der Waals surface area (Å²) in [5.74, 6) is 0.606. The van der Waals surface area contributed by atoms with Crippen molar-refractivity contribution in [1.82, 2.24) is 24.5 Å². The summed E-state index contributed by atoms with van der Waals surface area (Å²) in [4.78, 5) is 8.93. The number of hydrogen-bond acceptors (Lipinski definition) is 7. The molecule has 0 radical (unpaired) electrons. The molecule has 2 heterocycles. The monoisotopic (exact) mass is 428 g/mol. The Balaban J connectivity index is 1.66. The lowest BCUT2D eigenvalue weighted by Crippen LogP contribution is -2.38. The molecule has 0 saturated heterocycles. The summed E-state index contributed by atoms with van der Waals surface area (Å²) < 4.78 is 30.2. The molecule has 4 N–H and O–H groups in total. The van der Waals surface area contributed by atoms with Crippen LogP contribution in [0.15, 0.2) is 47.8 Å². The van der Waals surface area contributed by atoms with Crippen LogP contribution < -0.4 is 10.5 Å². The van der Waals surface area contributed by atoms with Crippen molar-refractivity contribution in [1.29, 1.82) is 0 Å². The summed E-state index contributed by atoms with van der Waals surface area (Å²) in [6.45, 7) is 1.88. The SMILES string of the molecule is Cc1ccc(S(=O)(=O)N[C@H]2CC[C@H](O)CC2)cc1-c1cnc(N)c(-n2cccn2)n1. The topological polar surface area (TPSA) is 136 Å². The van der Waals surface area contributed by atoms with Gasteiger partial charge in [0.15, 0.2) is 11.6 Å². The number of benzene rings is 1. The predicted octanol–water partition coefficient (Wildman–Crippen LogP) is 1.80. The van der Waals surface area contributed by atoms with Crippen LogP contribution in [-0.4, -0.2) is 45.4 Å².